The summed E-state index contributed by atoms with van der Waals surface area (Å²) < 4.78 is 13.5. The van der Waals surface area contributed by atoms with Gasteiger partial charge in [0.05, 0.1) is 0 Å². The summed E-state index contributed by atoms with van der Waals surface area (Å²) in [6, 6.07) is 10.6. The number of carbonyl (C=O) groups is 1. The average molecular weight is 352 g/mol. The molecule has 3 aromatic rings. The summed E-state index contributed by atoms with van der Waals surface area (Å²) in [5, 5.41) is 0.846. The van der Waals surface area contributed by atoms with E-state index in [2.05, 4.69) is 14.9 Å². The van der Waals surface area contributed by atoms with Gasteiger partial charge < -0.3 is 14.8 Å². The molecule has 1 N–H and O–H groups in total. The number of hydrogen-bond acceptors (Lipinski definition) is 3. The van der Waals surface area contributed by atoms with E-state index in [1.165, 1.54) is 12.1 Å². The predicted molar refractivity (Wildman–Crippen MR) is 99.5 cm³/mol. The minimum Gasteiger partial charge on any atom is -0.336 e. The number of pyridine rings is 1. The van der Waals surface area contributed by atoms with Gasteiger partial charge in [0.1, 0.15) is 17.2 Å². The number of likely N-dealkylation sites (N-methyl/N-ethyl adjacent to an activating group) is 1. The van der Waals surface area contributed by atoms with E-state index in [0.29, 0.717) is 17.4 Å². The highest BCUT2D eigenvalue weighted by molar-refractivity contribution is 5.98. The molecule has 3 heterocycles. The number of amides is 1. The van der Waals surface area contributed by atoms with Crippen LogP contribution in [0.15, 0.2) is 42.6 Å². The first kappa shape index (κ1) is 16.7. The molecule has 1 atom stereocenters. The van der Waals surface area contributed by atoms with Gasteiger partial charge in [-0.15, -0.1) is 0 Å². The molecule has 1 saturated heterocycles. The van der Waals surface area contributed by atoms with Gasteiger partial charge in [-0.2, -0.15) is 0 Å². The Morgan fingerprint density at radius 3 is 2.85 bits per heavy atom. The van der Waals surface area contributed by atoms with Crippen molar-refractivity contribution in [2.24, 2.45) is 0 Å². The van der Waals surface area contributed by atoms with E-state index in [1.54, 1.807) is 12.3 Å². The van der Waals surface area contributed by atoms with Crippen molar-refractivity contribution in [3.8, 4) is 11.1 Å². The highest BCUT2D eigenvalue weighted by atomic mass is 19.1. The number of aromatic amines is 1. The van der Waals surface area contributed by atoms with Crippen LogP contribution in [0.1, 0.15) is 16.9 Å². The van der Waals surface area contributed by atoms with Crippen molar-refractivity contribution in [2.45, 2.75) is 12.5 Å². The Labute approximate surface area is 151 Å². The van der Waals surface area contributed by atoms with Gasteiger partial charge in [-0.05, 0) is 50.3 Å². The lowest BCUT2D eigenvalue weighted by molar-refractivity contribution is 0.0778. The van der Waals surface area contributed by atoms with Crippen molar-refractivity contribution in [3.63, 3.8) is 0 Å². The van der Waals surface area contributed by atoms with Crippen LogP contribution in [0.4, 0.5) is 4.39 Å². The number of carbonyl (C=O) groups excluding carboxylic acids is 1. The van der Waals surface area contributed by atoms with E-state index in [9.17, 15) is 9.18 Å². The molecular formula is C20H21FN4O. The normalized spacial score (nSPS) is 17.4. The number of likely N-dealkylation sites (tertiary alicyclic amines) is 1. The van der Waals surface area contributed by atoms with Crippen molar-refractivity contribution in [2.75, 3.05) is 27.2 Å². The van der Waals surface area contributed by atoms with E-state index >= 15 is 0 Å². The van der Waals surface area contributed by atoms with Gasteiger partial charge in [0, 0.05) is 36.3 Å². The molecule has 1 aliphatic rings. The van der Waals surface area contributed by atoms with Crippen molar-refractivity contribution >= 4 is 16.9 Å². The number of H-pyrrole nitrogens is 1. The summed E-state index contributed by atoms with van der Waals surface area (Å²) in [6.45, 7) is 1.50. The summed E-state index contributed by atoms with van der Waals surface area (Å²) >= 11 is 0. The second-order valence-electron chi connectivity index (χ2n) is 7.01. The fourth-order valence-electron chi connectivity index (χ4n) is 3.47. The van der Waals surface area contributed by atoms with Crippen LogP contribution in [-0.2, 0) is 0 Å². The SMILES string of the molecule is CN(C)C1CCN(C(=O)c2cc3cc(-c4cccc(F)c4)cnc3[nH]2)C1. The third kappa shape index (κ3) is 3.08. The van der Waals surface area contributed by atoms with E-state index < -0.39 is 0 Å². The molecule has 0 aliphatic carbocycles. The smallest absolute Gasteiger partial charge is 0.270 e. The quantitative estimate of drug-likeness (QED) is 0.788. The topological polar surface area (TPSA) is 52.2 Å². The first-order chi connectivity index (χ1) is 12.5. The summed E-state index contributed by atoms with van der Waals surface area (Å²) in [7, 11) is 4.08. The van der Waals surface area contributed by atoms with Crippen molar-refractivity contribution < 1.29 is 9.18 Å². The molecule has 0 radical (unpaired) electrons. The Balaban J connectivity index is 1.61. The van der Waals surface area contributed by atoms with Crippen LogP contribution < -0.4 is 0 Å². The number of fused-ring (bicyclic) bond motifs is 1. The maximum atomic E-state index is 13.5. The maximum absolute atomic E-state index is 13.5. The van der Waals surface area contributed by atoms with Crippen LogP contribution >= 0.6 is 0 Å². The summed E-state index contributed by atoms with van der Waals surface area (Å²) in [5.41, 5.74) is 2.80. The largest absolute Gasteiger partial charge is 0.336 e. The van der Waals surface area contributed by atoms with Crippen molar-refractivity contribution in [1.82, 2.24) is 19.8 Å². The first-order valence-electron chi connectivity index (χ1n) is 8.71. The number of benzene rings is 1. The van der Waals surface area contributed by atoms with E-state index in [0.717, 1.165) is 36.0 Å². The third-order valence-corrected chi connectivity index (χ3v) is 5.04. The Morgan fingerprint density at radius 2 is 2.12 bits per heavy atom. The van der Waals surface area contributed by atoms with Gasteiger partial charge in [0.15, 0.2) is 0 Å². The summed E-state index contributed by atoms with van der Waals surface area (Å²) in [5.74, 6) is -0.281. The van der Waals surface area contributed by atoms with Crippen LogP contribution in [0.25, 0.3) is 22.2 Å². The number of hydrogen-bond donors (Lipinski definition) is 1. The van der Waals surface area contributed by atoms with Gasteiger partial charge in [0.25, 0.3) is 5.91 Å². The number of rotatable bonds is 3. The van der Waals surface area contributed by atoms with Gasteiger partial charge in [0.2, 0.25) is 0 Å². The summed E-state index contributed by atoms with van der Waals surface area (Å²) in [6.07, 6.45) is 2.68. The van der Waals surface area contributed by atoms with Gasteiger partial charge in [-0.25, -0.2) is 9.37 Å². The first-order valence-corrected chi connectivity index (χ1v) is 8.71. The van der Waals surface area contributed by atoms with Crippen molar-refractivity contribution in [3.05, 3.63) is 54.1 Å². The zero-order valence-corrected chi connectivity index (χ0v) is 14.9. The van der Waals surface area contributed by atoms with Crippen LogP contribution in [0.3, 0.4) is 0 Å². The molecule has 0 bridgehead atoms. The van der Waals surface area contributed by atoms with E-state index in [1.807, 2.05) is 37.2 Å². The third-order valence-electron chi connectivity index (χ3n) is 5.04. The van der Waals surface area contributed by atoms with E-state index in [-0.39, 0.29) is 11.7 Å². The second kappa shape index (κ2) is 6.53. The lowest BCUT2D eigenvalue weighted by Crippen LogP contribution is -2.34. The Hall–Kier alpha value is -2.73. The molecule has 0 saturated carbocycles. The van der Waals surface area contributed by atoms with Crippen LogP contribution in [-0.4, -0.2) is 58.9 Å². The molecule has 26 heavy (non-hydrogen) atoms. The minimum absolute atomic E-state index is 0.000319. The van der Waals surface area contributed by atoms with Gasteiger partial charge >= 0.3 is 0 Å². The second-order valence-corrected chi connectivity index (χ2v) is 7.01. The number of nitrogens with zero attached hydrogens (tertiary/aromatic N) is 3. The zero-order valence-electron chi connectivity index (χ0n) is 14.9. The molecule has 1 unspecified atom stereocenters. The van der Waals surface area contributed by atoms with Gasteiger partial charge in [-0.1, -0.05) is 12.1 Å². The Bertz CT molecular complexity index is 965. The van der Waals surface area contributed by atoms with Crippen LogP contribution in [0, 0.1) is 5.82 Å². The van der Waals surface area contributed by atoms with Gasteiger partial charge in [-0.3, -0.25) is 4.79 Å². The minimum atomic E-state index is -0.281. The molecule has 134 valence electrons. The van der Waals surface area contributed by atoms with Crippen LogP contribution in [0.2, 0.25) is 0 Å². The molecule has 4 rings (SSSR count). The average Bonchev–Trinajstić information content (AvgIpc) is 3.27. The van der Waals surface area contributed by atoms with Crippen molar-refractivity contribution in [1.29, 1.82) is 0 Å². The monoisotopic (exact) mass is 352 g/mol. The number of halogens is 1. The zero-order chi connectivity index (χ0) is 18.3. The number of nitrogens with one attached hydrogen (secondary N) is 1. The molecule has 1 aliphatic heterocycles. The standard InChI is InChI=1S/C20H21FN4O/c1-24(2)17-6-7-25(12-17)20(26)18-10-14-8-15(11-22-19(14)23-18)13-4-3-5-16(21)9-13/h3-5,8-11,17H,6-7,12H2,1-2H3,(H,22,23). The van der Waals surface area contributed by atoms with E-state index in [4.69, 9.17) is 0 Å². The Kier molecular flexibility index (Phi) is 4.20. The fraction of sp³-hybridized carbons (Fsp3) is 0.300. The fourth-order valence-corrected chi connectivity index (χ4v) is 3.47. The molecule has 5 nitrogen and oxygen atoms in total. The van der Waals surface area contributed by atoms with Crippen LogP contribution in [0.5, 0.6) is 0 Å². The molecule has 1 fully saturated rings. The summed E-state index contributed by atoms with van der Waals surface area (Å²) in [4.78, 5) is 24.3. The molecule has 6 heteroatoms. The highest BCUT2D eigenvalue weighted by Gasteiger charge is 2.28. The maximum Gasteiger partial charge on any atom is 0.270 e. The highest BCUT2D eigenvalue weighted by Crippen LogP contribution is 2.25. The lowest BCUT2D eigenvalue weighted by atomic mass is 10.1. The molecule has 2 aromatic heterocycles. The lowest BCUT2D eigenvalue weighted by Gasteiger charge is -2.20. The molecule has 1 aromatic carbocycles. The predicted octanol–water partition coefficient (Wildman–Crippen LogP) is 3.15. The number of aromatic nitrogens is 2. The Morgan fingerprint density at radius 1 is 1.27 bits per heavy atom. The molecule has 1 amide bonds. The molecular weight excluding hydrogens is 331 g/mol. The molecule has 0 spiro atoms.